The summed E-state index contributed by atoms with van der Waals surface area (Å²) in [5, 5.41) is 59.2. The minimum Gasteiger partial charge on any atom is -1.00 e. The molecule has 4 aliphatic heterocycles. The van der Waals surface area contributed by atoms with Crippen molar-refractivity contribution in [1.82, 2.24) is 0 Å². The van der Waals surface area contributed by atoms with Crippen LogP contribution in [0.25, 0.3) is 88.6 Å². The van der Waals surface area contributed by atoms with Crippen molar-refractivity contribution in [2.45, 2.75) is 79.8 Å². The fraction of sp³-hybridized carbons (Fsp3) is 0.124. The van der Waals surface area contributed by atoms with Crippen LogP contribution >= 0.6 is 15.9 Å². The van der Waals surface area contributed by atoms with Gasteiger partial charge in [0.05, 0.1) is 15.9 Å². The molecule has 3 radical (unpaired) electrons. The van der Waals surface area contributed by atoms with Gasteiger partial charge in [-0.15, -0.1) is 0 Å². The zero-order chi connectivity index (χ0) is 104. The predicted molar refractivity (Wildman–Crippen MR) is 535 cm³/mol. The molecule has 0 saturated heterocycles. The van der Waals surface area contributed by atoms with Crippen molar-refractivity contribution in [1.29, 1.82) is 0 Å². The molecule has 0 fully saturated rings. The molecule has 4 heterocycles. The SMILES string of the molecule is C.N[C@H]1Cc2c(ccc3ccc(-c4cccc(CS(=O)[O-])c4)cc23)O[C@@H]1c1cc(F)c(F)cc1F.O=S([O-])Cc1cccc(B(O)O)c1.O=[N+]([O-])C1=Cc2c(ccc3ccc(-c4cccc(CS(=O)[O-])c4)cc23)OC1c1cc(F)c(F)cc1F.O=[N+]([O-])C1=Cc2c(ccc3ccc(Br)cc23)OC1c1cc(F)c(F)cc1F.O=[N+]([O-])C1Cc2c(ccc3ccc(-c4cccc(CS(=O)[O-])c4)cc23)OC1c1cc(F)c(F)cc1F.[B].[H-].[Na+]. The number of nitro groups is 3. The Kier molecular flexibility index (Phi) is 36.6. The van der Waals surface area contributed by atoms with E-state index in [-0.39, 0.29) is 99.1 Å². The molecular weight excluding hydrogens is 2120 g/mol. The van der Waals surface area contributed by atoms with Gasteiger partial charge in [0.15, 0.2) is 52.6 Å². The van der Waals surface area contributed by atoms with E-state index in [4.69, 9.17) is 34.7 Å². The predicted octanol–water partition coefficient (Wildman–Crippen LogP) is 18.9. The summed E-state index contributed by atoms with van der Waals surface area (Å²) in [4.78, 5) is 33.3. The number of halogens is 13. The average molecular weight is 2190 g/mol. The molecule has 0 aliphatic carbocycles. The standard InChI is InChI=1S/C26H18F3NO5S.C26H16F3NO5S.C26H20F3NO3S.C19H9BrF3NO3.C7H9BO4S.CH4.B.Na.H/c2*27-21-12-23(29)22(28)10-20(21)26-24(30(31)32)11-19-18-9-17(5-4-15(18)6-7-25(19)35-26)16-3-1-2-14(8-16)13-36(33)34;27-21-12-23(29)22(28)10-20(21)26-24(30)11-19-18-9-17(5-4-15(18)6-7-25(19)33-26)16-3-1-2-14(8-16)13-34(31)32;20-10-3-1-9-2-4-18-12(11(9)5-10)7-17(24(25)26)19(27-18)13-6-15(22)16(23)8-14(13)21;9-8(10)7-3-1-2-6(4-7)5-13(11)12;;;;/h1-10,12,24,26H,11,13H2,(H,33,34);1-12,26H,13H2,(H,33,34);1-10,12,24,26H,11,13,30H2,(H,31,32);1-8,19H;1-4,9-10H,5H2,(H,11,12);1H4;;;/q;;;;;;;+1;-1/p-4/t;;24-,26+;;;;;;/m..0....../s1. The van der Waals surface area contributed by atoms with Gasteiger partial charge >= 0.3 is 36.7 Å². The Balaban J connectivity index is 0.000000169. The number of benzene rings is 16. The summed E-state index contributed by atoms with van der Waals surface area (Å²) in [7, 11) is -1.56. The monoisotopic (exact) mass is 2190 g/mol. The number of fused-ring (bicyclic) bond motifs is 12. The second-order valence-corrected chi connectivity index (χ2v) is 38.0. The minimum atomic E-state index is -2.25. The number of hydrogen-bond donors (Lipinski definition) is 3. The molecule has 16 aromatic carbocycles. The number of rotatable bonds is 19. The Hall–Kier alpha value is -13.5. The largest absolute Gasteiger partial charge is 1.00 e. The minimum absolute atomic E-state index is 0. The zero-order valence-electron chi connectivity index (χ0n) is 77.1. The van der Waals surface area contributed by atoms with E-state index < -0.39 is 201 Å². The molecule has 4 aliphatic rings. The van der Waals surface area contributed by atoms with E-state index in [0.717, 1.165) is 76.4 Å². The zero-order valence-corrected chi connectivity index (χ0v) is 83.0. The molecule has 20 rings (SSSR count). The molecule has 759 valence electrons. The van der Waals surface area contributed by atoms with Crippen molar-refractivity contribution in [3.05, 3.63) is 450 Å². The first-order valence-electron chi connectivity index (χ1n) is 43.4. The molecule has 0 amide bonds. The van der Waals surface area contributed by atoms with Gasteiger partial charge in [-0.25, -0.2) is 52.7 Å². The van der Waals surface area contributed by atoms with Crippen molar-refractivity contribution in [2.75, 3.05) is 0 Å². The van der Waals surface area contributed by atoms with Crippen LogP contribution in [0.3, 0.4) is 0 Å². The maximum atomic E-state index is 14.5. The van der Waals surface area contributed by atoms with E-state index in [1.54, 1.807) is 109 Å². The first-order chi connectivity index (χ1) is 69.6. The topological polar surface area (TPSA) is 393 Å². The van der Waals surface area contributed by atoms with Gasteiger partial charge in [0.25, 0.3) is 17.4 Å². The first kappa shape index (κ1) is 113. The van der Waals surface area contributed by atoms with Gasteiger partial charge in [-0.1, -0.05) is 231 Å². The van der Waals surface area contributed by atoms with Crippen molar-refractivity contribution in [3.8, 4) is 56.4 Å². The van der Waals surface area contributed by atoms with Crippen molar-refractivity contribution in [2.24, 2.45) is 5.73 Å². The number of nitrogens with zero attached hydrogens (tertiary/aromatic N) is 3. The molecular formula is C105H73B2BrF12N4NaO20S4-4. The quantitative estimate of drug-likeness (QED) is 0.0169. The second kappa shape index (κ2) is 48.4. The van der Waals surface area contributed by atoms with E-state index in [0.29, 0.717) is 115 Å². The number of ether oxygens (including phenoxy) is 4. The van der Waals surface area contributed by atoms with Crippen LogP contribution in [0, 0.1) is 100 Å². The van der Waals surface area contributed by atoms with Crippen LogP contribution in [0.4, 0.5) is 52.7 Å². The molecule has 8 unspecified atom stereocenters. The summed E-state index contributed by atoms with van der Waals surface area (Å²) in [6, 6.07) is 65.3. The first-order valence-corrected chi connectivity index (χ1v) is 49.2. The molecule has 0 aromatic heterocycles. The van der Waals surface area contributed by atoms with Crippen LogP contribution in [0.5, 0.6) is 23.0 Å². The normalized spacial score (nSPS) is 16.3. The molecule has 24 nitrogen and oxygen atoms in total. The third-order valence-electron chi connectivity index (χ3n) is 24.1. The smallest absolute Gasteiger partial charge is 1.00 e. The summed E-state index contributed by atoms with van der Waals surface area (Å²) in [6.45, 7) is 0. The second-order valence-electron chi connectivity index (χ2n) is 33.5. The molecule has 44 heteroatoms. The van der Waals surface area contributed by atoms with Gasteiger partial charge in [-0.2, -0.15) is 0 Å². The molecule has 16 aromatic rings. The summed E-state index contributed by atoms with van der Waals surface area (Å²) >= 11 is -5.47. The van der Waals surface area contributed by atoms with Crippen LogP contribution in [-0.2, 0) is 80.2 Å². The number of nitrogens with two attached hydrogens (primary N) is 1. The van der Waals surface area contributed by atoms with E-state index in [1.165, 1.54) is 24.3 Å². The van der Waals surface area contributed by atoms with Crippen LogP contribution in [0.2, 0.25) is 0 Å². The van der Waals surface area contributed by atoms with E-state index in [9.17, 15) is 118 Å². The molecule has 0 bridgehead atoms. The Labute approximate surface area is 883 Å². The van der Waals surface area contributed by atoms with Gasteiger partial charge in [0, 0.05) is 128 Å². The molecule has 4 N–H and O–H groups in total. The summed E-state index contributed by atoms with van der Waals surface area (Å²) in [5.74, 6) is -14.1. The number of hydrogen-bond acceptors (Lipinski definition) is 21. The van der Waals surface area contributed by atoms with Crippen LogP contribution < -0.4 is 59.7 Å². The van der Waals surface area contributed by atoms with Crippen molar-refractivity contribution < 1.29 is 162 Å². The van der Waals surface area contributed by atoms with E-state index in [2.05, 4.69) is 15.9 Å². The van der Waals surface area contributed by atoms with Gasteiger partial charge in [-0.3, -0.25) is 47.2 Å². The van der Waals surface area contributed by atoms with Gasteiger partial charge < -0.3 is 54.4 Å². The van der Waals surface area contributed by atoms with Crippen molar-refractivity contribution >= 4 is 136 Å². The fourth-order valence-electron chi connectivity index (χ4n) is 17.3. The Morgan fingerprint density at radius 2 is 0.664 bits per heavy atom. The molecule has 0 saturated carbocycles. The van der Waals surface area contributed by atoms with Gasteiger partial charge in [-0.05, 0) is 189 Å². The Morgan fingerprint density at radius 1 is 0.362 bits per heavy atom. The van der Waals surface area contributed by atoms with Crippen molar-refractivity contribution in [3.63, 3.8) is 0 Å². The Morgan fingerprint density at radius 3 is 1.04 bits per heavy atom. The summed E-state index contributed by atoms with van der Waals surface area (Å²) in [6.07, 6.45) is -2.77. The summed E-state index contributed by atoms with van der Waals surface area (Å²) < 4.78 is 277. The molecule has 149 heavy (non-hydrogen) atoms. The van der Waals surface area contributed by atoms with E-state index in [1.807, 2.05) is 97.1 Å². The fourth-order valence-corrected chi connectivity index (χ4v) is 19.5. The molecule has 10 atom stereocenters. The van der Waals surface area contributed by atoms with Crippen LogP contribution in [0.1, 0.15) is 100 Å². The third kappa shape index (κ3) is 25.8. The Bertz CT molecular complexity index is 8150. The average Bonchev–Trinajstić information content (AvgIpc) is 0.759. The maximum Gasteiger partial charge on any atom is 1.00 e. The van der Waals surface area contributed by atoms with Crippen LogP contribution in [0.15, 0.2) is 283 Å². The molecule has 0 spiro atoms. The summed E-state index contributed by atoms with van der Waals surface area (Å²) in [5.41, 5.74) is 13.5. The van der Waals surface area contributed by atoms with E-state index >= 15 is 0 Å². The maximum absolute atomic E-state index is 14.5. The van der Waals surface area contributed by atoms with Gasteiger partial charge in [0.1, 0.15) is 52.4 Å². The third-order valence-corrected chi connectivity index (χ3v) is 26.9. The van der Waals surface area contributed by atoms with Crippen LogP contribution in [-0.4, -0.2) is 87.5 Å². The van der Waals surface area contributed by atoms with Gasteiger partial charge in [0.2, 0.25) is 12.2 Å².